The van der Waals surface area contributed by atoms with E-state index in [1.165, 1.54) is 19.3 Å². The summed E-state index contributed by atoms with van der Waals surface area (Å²) in [5.74, 6) is 0.568. The van der Waals surface area contributed by atoms with Crippen LogP contribution in [0, 0.1) is 0 Å². The molecule has 0 radical (unpaired) electrons. The van der Waals surface area contributed by atoms with Gasteiger partial charge >= 0.3 is 0 Å². The van der Waals surface area contributed by atoms with E-state index in [-0.39, 0.29) is 0 Å². The number of rotatable bonds is 2. The zero-order valence-electron chi connectivity index (χ0n) is 8.43. The SMILES string of the molecule is NCc1cnc2c(C3CCC3)nnn2c1. The Balaban J connectivity index is 2.09. The fraction of sp³-hybridized carbons (Fsp3) is 0.500. The molecule has 1 aliphatic rings. The Kier molecular flexibility index (Phi) is 1.92. The first-order chi connectivity index (χ1) is 7.38. The Morgan fingerprint density at radius 2 is 2.33 bits per heavy atom. The van der Waals surface area contributed by atoms with Crippen molar-refractivity contribution in [1.29, 1.82) is 0 Å². The summed E-state index contributed by atoms with van der Waals surface area (Å²) in [6, 6.07) is 0. The molecule has 0 bridgehead atoms. The van der Waals surface area contributed by atoms with Gasteiger partial charge in [0.2, 0.25) is 0 Å². The van der Waals surface area contributed by atoms with Crippen LogP contribution >= 0.6 is 0 Å². The maximum Gasteiger partial charge on any atom is 0.178 e. The Labute approximate surface area is 87.3 Å². The summed E-state index contributed by atoms with van der Waals surface area (Å²) in [7, 11) is 0. The Hall–Kier alpha value is -1.49. The second-order valence-corrected chi connectivity index (χ2v) is 4.04. The highest BCUT2D eigenvalue weighted by Gasteiger charge is 2.25. The third-order valence-electron chi connectivity index (χ3n) is 3.06. The standard InChI is InChI=1S/C10H13N5/c11-4-7-5-12-10-9(8-2-1-3-8)13-14-15(10)6-7/h5-6,8H,1-4,11H2. The maximum atomic E-state index is 5.54. The van der Waals surface area contributed by atoms with Gasteiger partial charge in [0, 0.05) is 30.4 Å². The monoisotopic (exact) mass is 203 g/mol. The molecule has 1 saturated carbocycles. The minimum atomic E-state index is 0.488. The van der Waals surface area contributed by atoms with E-state index in [1.54, 1.807) is 10.7 Å². The minimum Gasteiger partial charge on any atom is -0.326 e. The predicted octanol–water partition coefficient (Wildman–Crippen LogP) is 0.850. The molecule has 0 amide bonds. The smallest absolute Gasteiger partial charge is 0.178 e. The molecule has 3 rings (SSSR count). The Morgan fingerprint density at radius 1 is 1.47 bits per heavy atom. The summed E-state index contributed by atoms with van der Waals surface area (Å²) < 4.78 is 1.73. The molecule has 0 spiro atoms. The van der Waals surface area contributed by atoms with Crippen molar-refractivity contribution in [2.45, 2.75) is 31.7 Å². The van der Waals surface area contributed by atoms with Crippen molar-refractivity contribution < 1.29 is 0 Å². The van der Waals surface area contributed by atoms with Gasteiger partial charge in [-0.05, 0) is 12.8 Å². The fourth-order valence-electron chi connectivity index (χ4n) is 1.90. The summed E-state index contributed by atoms with van der Waals surface area (Å²) >= 11 is 0. The Morgan fingerprint density at radius 3 is 3.00 bits per heavy atom. The van der Waals surface area contributed by atoms with Gasteiger partial charge in [-0.1, -0.05) is 11.6 Å². The van der Waals surface area contributed by atoms with E-state index in [1.807, 2.05) is 6.20 Å². The molecule has 1 aliphatic carbocycles. The molecule has 5 heteroatoms. The van der Waals surface area contributed by atoms with Crippen LogP contribution < -0.4 is 5.73 Å². The van der Waals surface area contributed by atoms with Crippen LogP contribution in [0.2, 0.25) is 0 Å². The van der Waals surface area contributed by atoms with Crippen LogP contribution in [-0.2, 0) is 6.54 Å². The number of nitrogens with two attached hydrogens (primary N) is 1. The van der Waals surface area contributed by atoms with E-state index in [4.69, 9.17) is 5.73 Å². The van der Waals surface area contributed by atoms with Crippen molar-refractivity contribution in [3.8, 4) is 0 Å². The van der Waals surface area contributed by atoms with Crippen LogP contribution in [-0.4, -0.2) is 19.8 Å². The topological polar surface area (TPSA) is 69.1 Å². The highest BCUT2D eigenvalue weighted by atomic mass is 15.4. The van der Waals surface area contributed by atoms with Crippen LogP contribution in [0.3, 0.4) is 0 Å². The molecule has 2 aromatic rings. The van der Waals surface area contributed by atoms with Gasteiger partial charge in [-0.2, -0.15) is 0 Å². The van der Waals surface area contributed by atoms with Crippen molar-refractivity contribution in [1.82, 2.24) is 19.8 Å². The van der Waals surface area contributed by atoms with E-state index in [0.717, 1.165) is 16.9 Å². The van der Waals surface area contributed by atoms with Gasteiger partial charge in [0.1, 0.15) is 5.69 Å². The summed E-state index contributed by atoms with van der Waals surface area (Å²) in [4.78, 5) is 4.37. The molecule has 2 N–H and O–H groups in total. The third kappa shape index (κ3) is 1.31. The number of hydrogen-bond donors (Lipinski definition) is 1. The quantitative estimate of drug-likeness (QED) is 0.785. The summed E-state index contributed by atoms with van der Waals surface area (Å²) in [6.07, 6.45) is 7.44. The molecule has 78 valence electrons. The predicted molar refractivity (Wildman–Crippen MR) is 55.3 cm³/mol. The minimum absolute atomic E-state index is 0.488. The van der Waals surface area contributed by atoms with Gasteiger partial charge < -0.3 is 5.73 Å². The number of nitrogens with zero attached hydrogens (tertiary/aromatic N) is 4. The molecule has 0 aromatic carbocycles. The zero-order chi connectivity index (χ0) is 10.3. The van der Waals surface area contributed by atoms with E-state index >= 15 is 0 Å². The lowest BCUT2D eigenvalue weighted by Gasteiger charge is -2.22. The van der Waals surface area contributed by atoms with Crippen LogP contribution in [0.1, 0.15) is 36.4 Å². The molecule has 2 heterocycles. The second-order valence-electron chi connectivity index (χ2n) is 4.04. The summed E-state index contributed by atoms with van der Waals surface area (Å²) in [5.41, 5.74) is 8.45. The van der Waals surface area contributed by atoms with Gasteiger partial charge in [-0.25, -0.2) is 9.50 Å². The molecule has 15 heavy (non-hydrogen) atoms. The van der Waals surface area contributed by atoms with Gasteiger partial charge in [-0.3, -0.25) is 0 Å². The first kappa shape index (κ1) is 8.79. The fourth-order valence-corrected chi connectivity index (χ4v) is 1.90. The average molecular weight is 203 g/mol. The van der Waals surface area contributed by atoms with Crippen LogP contribution in [0.5, 0.6) is 0 Å². The van der Waals surface area contributed by atoms with E-state index in [0.29, 0.717) is 12.5 Å². The number of fused-ring (bicyclic) bond motifs is 1. The van der Waals surface area contributed by atoms with Gasteiger partial charge in [0.15, 0.2) is 5.65 Å². The van der Waals surface area contributed by atoms with Crippen LogP contribution in [0.25, 0.3) is 5.65 Å². The van der Waals surface area contributed by atoms with Crippen molar-refractivity contribution in [3.63, 3.8) is 0 Å². The molecule has 0 saturated heterocycles. The molecular formula is C10H13N5. The normalized spacial score (nSPS) is 16.9. The van der Waals surface area contributed by atoms with Crippen LogP contribution in [0.4, 0.5) is 0 Å². The van der Waals surface area contributed by atoms with Crippen molar-refractivity contribution >= 4 is 5.65 Å². The first-order valence-corrected chi connectivity index (χ1v) is 5.28. The Bertz CT molecular complexity index is 486. The lowest BCUT2D eigenvalue weighted by molar-refractivity contribution is 0.412. The lowest BCUT2D eigenvalue weighted by atomic mass is 9.83. The van der Waals surface area contributed by atoms with E-state index in [2.05, 4.69) is 15.3 Å². The molecule has 1 fully saturated rings. The lowest BCUT2D eigenvalue weighted by Crippen LogP contribution is -2.10. The maximum absolute atomic E-state index is 5.54. The molecule has 0 unspecified atom stereocenters. The molecule has 0 aliphatic heterocycles. The average Bonchev–Trinajstić information content (AvgIpc) is 2.59. The second kappa shape index (κ2) is 3.27. The van der Waals surface area contributed by atoms with Crippen molar-refractivity contribution in [2.75, 3.05) is 0 Å². The van der Waals surface area contributed by atoms with Gasteiger partial charge in [-0.15, -0.1) is 5.10 Å². The zero-order valence-corrected chi connectivity index (χ0v) is 8.43. The molecular weight excluding hydrogens is 190 g/mol. The third-order valence-corrected chi connectivity index (χ3v) is 3.06. The van der Waals surface area contributed by atoms with E-state index < -0.39 is 0 Å². The van der Waals surface area contributed by atoms with Gasteiger partial charge in [0.05, 0.1) is 0 Å². The largest absolute Gasteiger partial charge is 0.326 e. The molecule has 5 nitrogen and oxygen atoms in total. The highest BCUT2D eigenvalue weighted by molar-refractivity contribution is 5.45. The summed E-state index contributed by atoms with van der Waals surface area (Å²) in [5, 5.41) is 8.28. The summed E-state index contributed by atoms with van der Waals surface area (Å²) in [6.45, 7) is 0.488. The molecule has 0 atom stereocenters. The van der Waals surface area contributed by atoms with Crippen molar-refractivity contribution in [2.24, 2.45) is 5.73 Å². The number of aromatic nitrogens is 4. The van der Waals surface area contributed by atoms with Gasteiger partial charge in [0.25, 0.3) is 0 Å². The van der Waals surface area contributed by atoms with Crippen molar-refractivity contribution in [3.05, 3.63) is 23.7 Å². The first-order valence-electron chi connectivity index (χ1n) is 5.28. The number of hydrogen-bond acceptors (Lipinski definition) is 4. The molecule has 2 aromatic heterocycles. The van der Waals surface area contributed by atoms with Crippen LogP contribution in [0.15, 0.2) is 12.4 Å². The highest BCUT2D eigenvalue weighted by Crippen LogP contribution is 2.36. The van der Waals surface area contributed by atoms with E-state index in [9.17, 15) is 0 Å².